The number of nitrogens with one attached hydrogen (secondary N) is 1. The van der Waals surface area contributed by atoms with Crippen LogP contribution in [0.1, 0.15) is 67.2 Å². The molecule has 2 unspecified atom stereocenters. The van der Waals surface area contributed by atoms with E-state index < -0.39 is 5.54 Å². The molecule has 0 saturated carbocycles. The molecule has 3 rings (SSSR count). The molecule has 1 aliphatic heterocycles. The van der Waals surface area contributed by atoms with Gasteiger partial charge in [-0.2, -0.15) is 5.26 Å². The fraction of sp³-hybridized carbons (Fsp3) is 0.360. The van der Waals surface area contributed by atoms with Crippen LogP contribution in [-0.4, -0.2) is 28.2 Å². The molecule has 0 bridgehead atoms. The highest BCUT2D eigenvalue weighted by molar-refractivity contribution is 5.99. The monoisotopic (exact) mass is 431 g/mol. The third-order valence-corrected chi connectivity index (χ3v) is 6.07. The van der Waals surface area contributed by atoms with Gasteiger partial charge in [0.1, 0.15) is 0 Å². The lowest BCUT2D eigenvalue weighted by Crippen LogP contribution is -2.51. The van der Waals surface area contributed by atoms with Crippen LogP contribution >= 0.6 is 0 Å². The van der Waals surface area contributed by atoms with Crippen LogP contribution in [0.5, 0.6) is 0 Å². The smallest absolute Gasteiger partial charge is 0.251 e. The van der Waals surface area contributed by atoms with Gasteiger partial charge in [0.2, 0.25) is 5.91 Å². The predicted molar refractivity (Wildman–Crippen MR) is 124 cm³/mol. The number of hydrogen-bond donors (Lipinski definition) is 2. The minimum atomic E-state index is -0.537. The quantitative estimate of drug-likeness (QED) is 0.729. The maximum absolute atomic E-state index is 12.9. The van der Waals surface area contributed by atoms with Crippen LogP contribution < -0.4 is 11.1 Å². The van der Waals surface area contributed by atoms with Crippen molar-refractivity contribution >= 4 is 17.8 Å². The number of guanidine groups is 1. The van der Waals surface area contributed by atoms with Gasteiger partial charge in [0.15, 0.2) is 5.96 Å². The van der Waals surface area contributed by atoms with Gasteiger partial charge in [0.25, 0.3) is 5.91 Å². The zero-order valence-corrected chi connectivity index (χ0v) is 18.9. The number of hydrogen-bond acceptors (Lipinski definition) is 5. The highest BCUT2D eigenvalue weighted by Gasteiger charge is 2.38. The normalized spacial score (nSPS) is 19.3. The Balaban J connectivity index is 1.83. The van der Waals surface area contributed by atoms with E-state index in [4.69, 9.17) is 5.73 Å². The summed E-state index contributed by atoms with van der Waals surface area (Å²) in [5.41, 5.74) is 7.92. The molecule has 2 aromatic rings. The van der Waals surface area contributed by atoms with Gasteiger partial charge >= 0.3 is 0 Å². The summed E-state index contributed by atoms with van der Waals surface area (Å²) in [7, 11) is 0. The first-order valence-electron chi connectivity index (χ1n) is 10.7. The van der Waals surface area contributed by atoms with Crippen molar-refractivity contribution in [2.45, 2.75) is 52.2 Å². The van der Waals surface area contributed by atoms with Gasteiger partial charge in [-0.3, -0.25) is 14.5 Å². The SMILES string of the molecule is CC(NC(=O)c1cc(C#N)cc(CN2C(=O)CC(C)(C(C)C)N=C2N)c1)c1ccccc1. The molecule has 7 nitrogen and oxygen atoms in total. The Kier molecular flexibility index (Phi) is 6.64. The highest BCUT2D eigenvalue weighted by atomic mass is 16.2. The van der Waals surface area contributed by atoms with Crippen molar-refractivity contribution in [3.8, 4) is 6.07 Å². The van der Waals surface area contributed by atoms with Crippen LogP contribution in [0.2, 0.25) is 0 Å². The summed E-state index contributed by atoms with van der Waals surface area (Å²) in [6, 6.07) is 16.4. The van der Waals surface area contributed by atoms with Crippen LogP contribution in [0.3, 0.4) is 0 Å². The molecule has 2 aromatic carbocycles. The number of nitrogens with zero attached hydrogens (tertiary/aromatic N) is 3. The fourth-order valence-electron chi connectivity index (χ4n) is 3.66. The molecule has 0 saturated heterocycles. The van der Waals surface area contributed by atoms with E-state index in [1.54, 1.807) is 18.2 Å². The molecule has 32 heavy (non-hydrogen) atoms. The van der Waals surface area contributed by atoms with Crippen LogP contribution in [-0.2, 0) is 11.3 Å². The Morgan fingerprint density at radius 1 is 1.25 bits per heavy atom. The Labute approximate surface area is 188 Å². The molecule has 2 atom stereocenters. The number of carbonyl (C=O) groups excluding carboxylic acids is 2. The summed E-state index contributed by atoms with van der Waals surface area (Å²) in [5.74, 6) is -0.0991. The van der Waals surface area contributed by atoms with Crippen LogP contribution in [0.25, 0.3) is 0 Å². The van der Waals surface area contributed by atoms with Gasteiger partial charge in [-0.05, 0) is 49.1 Å². The fourth-order valence-corrected chi connectivity index (χ4v) is 3.66. The average Bonchev–Trinajstić information content (AvgIpc) is 2.76. The summed E-state index contributed by atoms with van der Waals surface area (Å²) in [6.45, 7) is 7.99. The van der Waals surface area contributed by atoms with Gasteiger partial charge in [-0.1, -0.05) is 44.2 Å². The lowest BCUT2D eigenvalue weighted by atomic mass is 9.84. The van der Waals surface area contributed by atoms with E-state index in [1.165, 1.54) is 4.90 Å². The minimum absolute atomic E-state index is 0.125. The summed E-state index contributed by atoms with van der Waals surface area (Å²) in [5, 5.41) is 12.4. The van der Waals surface area contributed by atoms with Crippen molar-refractivity contribution in [3.05, 3.63) is 70.8 Å². The number of carbonyl (C=O) groups is 2. The molecule has 0 radical (unpaired) electrons. The zero-order chi connectivity index (χ0) is 23.5. The Morgan fingerprint density at radius 3 is 2.53 bits per heavy atom. The van der Waals surface area contributed by atoms with E-state index in [0.717, 1.165) is 5.56 Å². The van der Waals surface area contributed by atoms with Crippen LogP contribution in [0, 0.1) is 17.2 Å². The maximum atomic E-state index is 12.9. The number of aliphatic imine (C=N–C) groups is 1. The van der Waals surface area contributed by atoms with E-state index >= 15 is 0 Å². The van der Waals surface area contributed by atoms with Crippen molar-refractivity contribution < 1.29 is 9.59 Å². The number of benzene rings is 2. The lowest BCUT2D eigenvalue weighted by molar-refractivity contribution is -0.130. The van der Waals surface area contributed by atoms with E-state index in [-0.39, 0.29) is 42.7 Å². The topological polar surface area (TPSA) is 112 Å². The van der Waals surface area contributed by atoms with Gasteiger partial charge in [-0.15, -0.1) is 0 Å². The van der Waals surface area contributed by atoms with E-state index in [9.17, 15) is 14.9 Å². The van der Waals surface area contributed by atoms with E-state index in [0.29, 0.717) is 16.7 Å². The molecule has 2 amide bonds. The molecule has 7 heteroatoms. The number of rotatable bonds is 6. The van der Waals surface area contributed by atoms with E-state index in [2.05, 4.69) is 16.4 Å². The lowest BCUT2D eigenvalue weighted by Gasteiger charge is -2.37. The van der Waals surface area contributed by atoms with Gasteiger partial charge < -0.3 is 11.1 Å². The summed E-state index contributed by atoms with van der Waals surface area (Å²) in [4.78, 5) is 31.7. The van der Waals surface area contributed by atoms with Crippen molar-refractivity contribution in [1.82, 2.24) is 10.2 Å². The second kappa shape index (κ2) is 9.23. The molecule has 0 aliphatic carbocycles. The molecule has 166 valence electrons. The number of amides is 2. The Bertz CT molecular complexity index is 1090. The third-order valence-electron chi connectivity index (χ3n) is 6.07. The predicted octanol–water partition coefficient (Wildman–Crippen LogP) is 3.51. The summed E-state index contributed by atoms with van der Waals surface area (Å²) in [6.07, 6.45) is 0.255. The van der Waals surface area contributed by atoms with Crippen molar-refractivity contribution in [3.63, 3.8) is 0 Å². The molecule has 1 heterocycles. The van der Waals surface area contributed by atoms with Crippen LogP contribution in [0.4, 0.5) is 0 Å². The highest BCUT2D eigenvalue weighted by Crippen LogP contribution is 2.30. The molecule has 3 N–H and O–H groups in total. The molecule has 0 fully saturated rings. The first kappa shape index (κ1) is 23.0. The van der Waals surface area contributed by atoms with Crippen LogP contribution in [0.15, 0.2) is 53.5 Å². The molecule has 1 aliphatic rings. The Hall–Kier alpha value is -3.66. The second-order valence-electron chi connectivity index (χ2n) is 8.77. The summed E-state index contributed by atoms with van der Waals surface area (Å²) >= 11 is 0. The second-order valence-corrected chi connectivity index (χ2v) is 8.77. The van der Waals surface area contributed by atoms with E-state index in [1.807, 2.05) is 58.0 Å². The average molecular weight is 432 g/mol. The molecular formula is C25H29N5O2. The minimum Gasteiger partial charge on any atom is -0.369 e. The Morgan fingerprint density at radius 2 is 1.94 bits per heavy atom. The number of nitrogens with two attached hydrogens (primary N) is 1. The van der Waals surface area contributed by atoms with Crippen molar-refractivity contribution in [2.75, 3.05) is 0 Å². The third kappa shape index (κ3) is 4.97. The zero-order valence-electron chi connectivity index (χ0n) is 18.9. The maximum Gasteiger partial charge on any atom is 0.251 e. The van der Waals surface area contributed by atoms with Gasteiger partial charge in [0, 0.05) is 5.56 Å². The first-order valence-corrected chi connectivity index (χ1v) is 10.7. The number of nitriles is 1. The standard InChI is InChI=1S/C25H29N5O2/c1-16(2)25(4)13-22(31)30(24(27)29-25)15-19-10-18(14-26)11-21(12-19)23(32)28-17(3)20-8-6-5-7-9-20/h5-12,16-17H,13,15H2,1-4H3,(H2,27,29)(H,28,32). The molecular weight excluding hydrogens is 402 g/mol. The first-order chi connectivity index (χ1) is 15.1. The summed E-state index contributed by atoms with van der Waals surface area (Å²) < 4.78 is 0. The molecule has 0 spiro atoms. The van der Waals surface area contributed by atoms with Gasteiger partial charge in [-0.25, -0.2) is 4.99 Å². The largest absolute Gasteiger partial charge is 0.369 e. The van der Waals surface area contributed by atoms with Crippen molar-refractivity contribution in [2.24, 2.45) is 16.6 Å². The van der Waals surface area contributed by atoms with Crippen molar-refractivity contribution in [1.29, 1.82) is 5.26 Å². The molecule has 0 aromatic heterocycles. The van der Waals surface area contributed by atoms with Gasteiger partial charge in [0.05, 0.1) is 36.2 Å².